The Balaban J connectivity index is 2.16. The van der Waals surface area contributed by atoms with E-state index in [4.69, 9.17) is 9.47 Å². The van der Waals surface area contributed by atoms with Crippen molar-refractivity contribution in [1.82, 2.24) is 0 Å². The second-order valence-corrected chi connectivity index (χ2v) is 3.88. The lowest BCUT2D eigenvalue weighted by Crippen LogP contribution is -2.15. The molecular weight excluding hydrogens is 200 g/mol. The Morgan fingerprint density at radius 3 is 2.86 bits per heavy atom. The minimum Gasteiger partial charge on any atom is -0.486 e. The average Bonchev–Trinajstić information content (AvgIpc) is 2.26. The van der Waals surface area contributed by atoms with Gasteiger partial charge in [0.2, 0.25) is 0 Å². The Hall–Kier alpha value is -1.16. The molecule has 1 aromatic carbocycles. The fourth-order valence-electron chi connectivity index (χ4n) is 1.24. The average molecular weight is 210 g/mol. The molecule has 0 atom stereocenters. The molecule has 0 saturated heterocycles. The molecule has 2 rings (SSSR count). The number of carbonyl (C=O) groups excluding carboxylic acids is 1. The van der Waals surface area contributed by atoms with Crippen molar-refractivity contribution in [3.8, 4) is 11.5 Å². The summed E-state index contributed by atoms with van der Waals surface area (Å²) in [7, 11) is 0. The smallest absolute Gasteiger partial charge is 0.162 e. The van der Waals surface area contributed by atoms with Crippen molar-refractivity contribution in [2.75, 3.05) is 19.0 Å². The van der Waals surface area contributed by atoms with Crippen LogP contribution in [0.5, 0.6) is 11.5 Å². The van der Waals surface area contributed by atoms with Gasteiger partial charge in [0.05, 0.1) is 5.75 Å². The van der Waals surface area contributed by atoms with Gasteiger partial charge >= 0.3 is 0 Å². The van der Waals surface area contributed by atoms with Crippen molar-refractivity contribution in [2.24, 2.45) is 0 Å². The van der Waals surface area contributed by atoms with Gasteiger partial charge in [-0.25, -0.2) is 0 Å². The van der Waals surface area contributed by atoms with E-state index in [9.17, 15) is 4.79 Å². The maximum atomic E-state index is 10.2. The summed E-state index contributed by atoms with van der Waals surface area (Å²) in [6.45, 7) is 1.20. The predicted molar refractivity (Wildman–Crippen MR) is 54.2 cm³/mol. The number of hydrogen-bond donors (Lipinski definition) is 0. The molecule has 0 saturated carbocycles. The summed E-state index contributed by atoms with van der Waals surface area (Å²) in [5, 5.41) is 0. The third-order valence-corrected chi connectivity index (χ3v) is 2.72. The zero-order valence-electron chi connectivity index (χ0n) is 7.56. The first-order valence-corrected chi connectivity index (χ1v) is 5.35. The standard InChI is InChI=1S/C10H10O3S/c11-3-6-14-8-1-2-9-10(7-8)13-5-4-12-9/h1-3,7H,4-6H2. The molecule has 1 heterocycles. The topological polar surface area (TPSA) is 35.5 Å². The van der Waals surface area contributed by atoms with E-state index in [2.05, 4.69) is 0 Å². The third-order valence-electron chi connectivity index (χ3n) is 1.83. The van der Waals surface area contributed by atoms with Crippen LogP contribution >= 0.6 is 11.8 Å². The van der Waals surface area contributed by atoms with Crippen LogP contribution in [-0.2, 0) is 4.79 Å². The van der Waals surface area contributed by atoms with Gasteiger partial charge in [-0.05, 0) is 18.2 Å². The minimum absolute atomic E-state index is 0.472. The number of carbonyl (C=O) groups is 1. The summed E-state index contributed by atoms with van der Waals surface area (Å²) in [5.74, 6) is 2.03. The first-order valence-electron chi connectivity index (χ1n) is 4.36. The number of ether oxygens (including phenoxy) is 2. The molecule has 74 valence electrons. The second kappa shape index (κ2) is 4.37. The number of benzene rings is 1. The zero-order valence-corrected chi connectivity index (χ0v) is 8.38. The van der Waals surface area contributed by atoms with Crippen molar-refractivity contribution < 1.29 is 14.3 Å². The minimum atomic E-state index is 0.472. The zero-order chi connectivity index (χ0) is 9.80. The highest BCUT2D eigenvalue weighted by atomic mass is 32.2. The van der Waals surface area contributed by atoms with Crippen LogP contribution < -0.4 is 9.47 Å². The van der Waals surface area contributed by atoms with Gasteiger partial charge in [0.1, 0.15) is 19.5 Å². The molecule has 0 unspecified atom stereocenters. The van der Waals surface area contributed by atoms with Crippen LogP contribution in [0.15, 0.2) is 23.1 Å². The number of rotatable bonds is 3. The van der Waals surface area contributed by atoms with E-state index in [1.807, 2.05) is 18.2 Å². The molecule has 0 radical (unpaired) electrons. The Kier molecular flexibility index (Phi) is 2.93. The molecular formula is C10H10O3S. The van der Waals surface area contributed by atoms with Gasteiger partial charge in [-0.15, -0.1) is 11.8 Å². The van der Waals surface area contributed by atoms with E-state index in [0.717, 1.165) is 22.7 Å². The van der Waals surface area contributed by atoms with Gasteiger partial charge in [0.25, 0.3) is 0 Å². The Morgan fingerprint density at radius 2 is 2.07 bits per heavy atom. The summed E-state index contributed by atoms with van der Waals surface area (Å²) in [4.78, 5) is 11.2. The van der Waals surface area contributed by atoms with Gasteiger partial charge < -0.3 is 14.3 Å². The highest BCUT2D eigenvalue weighted by Crippen LogP contribution is 2.33. The molecule has 1 aliphatic rings. The van der Waals surface area contributed by atoms with Gasteiger partial charge in [-0.1, -0.05) is 0 Å². The number of fused-ring (bicyclic) bond motifs is 1. The molecule has 3 nitrogen and oxygen atoms in total. The van der Waals surface area contributed by atoms with Crippen LogP contribution in [-0.4, -0.2) is 25.3 Å². The lowest BCUT2D eigenvalue weighted by molar-refractivity contribution is -0.105. The van der Waals surface area contributed by atoms with Gasteiger partial charge in [0, 0.05) is 4.90 Å². The predicted octanol–water partition coefficient (Wildman–Crippen LogP) is 1.75. The molecule has 0 fully saturated rings. The molecule has 1 aliphatic heterocycles. The Labute approximate surface area is 86.4 Å². The van der Waals surface area contributed by atoms with Gasteiger partial charge in [0.15, 0.2) is 11.5 Å². The Bertz CT molecular complexity index is 338. The molecule has 0 bridgehead atoms. The van der Waals surface area contributed by atoms with E-state index in [0.29, 0.717) is 19.0 Å². The third kappa shape index (κ3) is 2.01. The number of hydrogen-bond acceptors (Lipinski definition) is 4. The number of thioether (sulfide) groups is 1. The van der Waals surface area contributed by atoms with Crippen LogP contribution in [0.4, 0.5) is 0 Å². The highest BCUT2D eigenvalue weighted by Gasteiger charge is 2.11. The van der Waals surface area contributed by atoms with E-state index >= 15 is 0 Å². The molecule has 0 aromatic heterocycles. The monoisotopic (exact) mass is 210 g/mol. The van der Waals surface area contributed by atoms with Crippen LogP contribution in [0.1, 0.15) is 0 Å². The molecule has 0 spiro atoms. The largest absolute Gasteiger partial charge is 0.486 e. The van der Waals surface area contributed by atoms with E-state index in [1.165, 1.54) is 11.8 Å². The summed E-state index contributed by atoms with van der Waals surface area (Å²) < 4.78 is 10.8. The van der Waals surface area contributed by atoms with Crippen molar-refractivity contribution in [3.63, 3.8) is 0 Å². The molecule has 0 aliphatic carbocycles. The summed E-state index contributed by atoms with van der Waals surface area (Å²) in [6, 6.07) is 5.71. The van der Waals surface area contributed by atoms with Crippen LogP contribution in [0.2, 0.25) is 0 Å². The maximum Gasteiger partial charge on any atom is 0.162 e. The molecule has 14 heavy (non-hydrogen) atoms. The molecule has 0 amide bonds. The van der Waals surface area contributed by atoms with Crippen LogP contribution in [0, 0.1) is 0 Å². The summed E-state index contributed by atoms with van der Waals surface area (Å²) in [6.07, 6.45) is 0.890. The van der Waals surface area contributed by atoms with Crippen molar-refractivity contribution in [2.45, 2.75) is 4.90 Å². The van der Waals surface area contributed by atoms with Crippen LogP contribution in [0.3, 0.4) is 0 Å². The lowest BCUT2D eigenvalue weighted by Gasteiger charge is -2.18. The van der Waals surface area contributed by atoms with E-state index < -0.39 is 0 Å². The van der Waals surface area contributed by atoms with E-state index in [-0.39, 0.29) is 0 Å². The van der Waals surface area contributed by atoms with Crippen molar-refractivity contribution >= 4 is 18.0 Å². The quantitative estimate of drug-likeness (QED) is 0.562. The van der Waals surface area contributed by atoms with Gasteiger partial charge in [-0.3, -0.25) is 0 Å². The first-order chi connectivity index (χ1) is 6.90. The Morgan fingerprint density at radius 1 is 1.29 bits per heavy atom. The molecule has 0 N–H and O–H groups in total. The maximum absolute atomic E-state index is 10.2. The summed E-state index contributed by atoms with van der Waals surface area (Å²) >= 11 is 1.49. The fourth-order valence-corrected chi connectivity index (χ4v) is 1.86. The summed E-state index contributed by atoms with van der Waals surface area (Å²) in [5.41, 5.74) is 0. The molecule has 4 heteroatoms. The second-order valence-electron chi connectivity index (χ2n) is 2.78. The normalized spacial score (nSPS) is 13.7. The highest BCUT2D eigenvalue weighted by molar-refractivity contribution is 7.99. The molecule has 1 aromatic rings. The van der Waals surface area contributed by atoms with E-state index in [1.54, 1.807) is 0 Å². The fraction of sp³-hybridized carbons (Fsp3) is 0.300. The van der Waals surface area contributed by atoms with Gasteiger partial charge in [-0.2, -0.15) is 0 Å². The number of aldehydes is 1. The van der Waals surface area contributed by atoms with Crippen LogP contribution in [0.25, 0.3) is 0 Å². The van der Waals surface area contributed by atoms with Crippen molar-refractivity contribution in [1.29, 1.82) is 0 Å². The van der Waals surface area contributed by atoms with Crippen molar-refractivity contribution in [3.05, 3.63) is 18.2 Å². The first kappa shape index (κ1) is 9.40. The lowest BCUT2D eigenvalue weighted by atomic mass is 10.3. The SMILES string of the molecule is O=CCSc1ccc2c(c1)OCCO2.